The van der Waals surface area contributed by atoms with Crippen LogP contribution in [-0.2, 0) is 15.3 Å². The lowest BCUT2D eigenvalue weighted by Gasteiger charge is -2.56. The third-order valence-corrected chi connectivity index (χ3v) is 16.3. The highest BCUT2D eigenvalue weighted by Gasteiger charge is 2.57. The first-order chi connectivity index (χ1) is 30.5. The van der Waals surface area contributed by atoms with Crippen LogP contribution in [0.3, 0.4) is 0 Å². The lowest BCUT2D eigenvalue weighted by Crippen LogP contribution is -2.51. The number of fused-ring (bicyclic) bond motifs is 5. The zero-order valence-electron chi connectivity index (χ0n) is 34.5. The summed E-state index contributed by atoms with van der Waals surface area (Å²) >= 11 is 0. The fourth-order valence-electron chi connectivity index (χ4n) is 11.9. The van der Waals surface area contributed by atoms with E-state index in [0.717, 1.165) is 81.8 Å². The number of hydrogen-bond donors (Lipinski definition) is 0. The van der Waals surface area contributed by atoms with Gasteiger partial charge in [-0.05, 0) is 144 Å². The van der Waals surface area contributed by atoms with Crippen LogP contribution in [0.1, 0.15) is 49.7 Å². The molecule has 0 atom stereocenters. The highest BCUT2D eigenvalue weighted by Crippen LogP contribution is 2.63. The van der Waals surface area contributed by atoms with Crippen molar-refractivity contribution < 1.29 is 8.42 Å². The van der Waals surface area contributed by atoms with E-state index in [2.05, 4.69) is 179 Å². The molecule has 9 aromatic rings. The lowest BCUT2D eigenvalue weighted by atomic mass is 9.49. The second-order valence-corrected chi connectivity index (χ2v) is 19.4. The van der Waals surface area contributed by atoms with Gasteiger partial charge in [0.25, 0.3) is 0 Å². The van der Waals surface area contributed by atoms with Crippen molar-refractivity contribution in [3.8, 4) is 27.9 Å². The number of sulfone groups is 1. The predicted octanol–water partition coefficient (Wildman–Crippen LogP) is 14.6. The van der Waals surface area contributed by atoms with E-state index in [1.54, 1.807) is 0 Å². The van der Waals surface area contributed by atoms with Crippen LogP contribution in [0.2, 0.25) is 0 Å². The number of rotatable bonds is 6. The van der Waals surface area contributed by atoms with Crippen molar-refractivity contribution in [2.75, 3.05) is 4.90 Å². The maximum atomic E-state index is 14.6. The highest BCUT2D eigenvalue weighted by molar-refractivity contribution is 7.91. The molecule has 2 saturated carbocycles. The minimum atomic E-state index is -3.72. The Bertz CT molecular complexity index is 3200. The van der Waals surface area contributed by atoms with E-state index in [-0.39, 0.29) is 5.41 Å². The molecule has 1 aliphatic heterocycles. The Hall–Kier alpha value is -6.69. The second-order valence-electron chi connectivity index (χ2n) is 17.5. The van der Waals surface area contributed by atoms with Crippen molar-refractivity contribution in [2.45, 2.75) is 53.7 Å². The van der Waals surface area contributed by atoms with E-state index in [4.69, 9.17) is 0 Å². The molecule has 3 aliphatic rings. The maximum absolute atomic E-state index is 14.6. The van der Waals surface area contributed by atoms with Gasteiger partial charge in [-0.25, -0.2) is 8.42 Å². The molecular weight excluding hydrogens is 777 g/mol. The van der Waals surface area contributed by atoms with Gasteiger partial charge in [0.1, 0.15) is 0 Å². The van der Waals surface area contributed by atoms with E-state index in [0.29, 0.717) is 21.6 Å². The molecule has 1 aromatic heterocycles. The summed E-state index contributed by atoms with van der Waals surface area (Å²) in [5.41, 5.74) is 12.7. The first-order valence-electron chi connectivity index (χ1n) is 22.1. The van der Waals surface area contributed by atoms with Crippen LogP contribution in [0.15, 0.2) is 204 Å². The topological polar surface area (TPSA) is 42.3 Å². The van der Waals surface area contributed by atoms with E-state index >= 15 is 0 Å². The SMILES string of the molecule is O=S1(=O)c2ccccc2C2(c3cc(N(c4ccc(-c5ccc(-n6c7ccccc7c7ccccc76)cc5)cc4)c4cccc(-c5ccccc5)c4)ccc31)[C@H]1CCC[C@@H]2CCC1. The third-order valence-electron chi connectivity index (χ3n) is 14.5. The quantitative estimate of drug-likeness (QED) is 0.168. The highest BCUT2D eigenvalue weighted by atomic mass is 32.2. The van der Waals surface area contributed by atoms with Crippen LogP contribution in [0.4, 0.5) is 17.1 Å². The Balaban J connectivity index is 0.985. The van der Waals surface area contributed by atoms with Gasteiger partial charge < -0.3 is 9.47 Å². The summed E-state index contributed by atoms with van der Waals surface area (Å²) in [4.78, 5) is 3.31. The third kappa shape index (κ3) is 5.61. The second kappa shape index (κ2) is 14.5. The molecule has 0 unspecified atom stereocenters. The first-order valence-corrected chi connectivity index (χ1v) is 23.6. The number of hydrogen-bond acceptors (Lipinski definition) is 3. The van der Waals surface area contributed by atoms with Gasteiger partial charge >= 0.3 is 0 Å². The van der Waals surface area contributed by atoms with Gasteiger partial charge in [-0.15, -0.1) is 0 Å². The van der Waals surface area contributed by atoms with Crippen LogP contribution < -0.4 is 4.90 Å². The van der Waals surface area contributed by atoms with Gasteiger partial charge in [0.2, 0.25) is 9.84 Å². The van der Waals surface area contributed by atoms with Gasteiger partial charge in [0.05, 0.1) is 20.8 Å². The Morgan fingerprint density at radius 3 is 1.63 bits per heavy atom. The Kier molecular flexibility index (Phi) is 8.65. The summed E-state index contributed by atoms with van der Waals surface area (Å²) in [5, 5.41) is 2.51. The van der Waals surface area contributed by atoms with E-state index in [1.807, 2.05) is 24.3 Å². The largest absolute Gasteiger partial charge is 0.310 e. The molecule has 4 nitrogen and oxygen atoms in total. The summed E-state index contributed by atoms with van der Waals surface area (Å²) in [5.74, 6) is 0.798. The molecular formula is C57H46N2O2S. The summed E-state index contributed by atoms with van der Waals surface area (Å²) in [7, 11) is -3.72. The summed E-state index contributed by atoms with van der Waals surface area (Å²) in [6.07, 6.45) is 6.90. The van der Waals surface area contributed by atoms with Crippen LogP contribution in [0.5, 0.6) is 0 Å². The molecule has 8 aromatic carbocycles. The van der Waals surface area contributed by atoms with Gasteiger partial charge in [-0.1, -0.05) is 134 Å². The predicted molar refractivity (Wildman–Crippen MR) is 254 cm³/mol. The van der Waals surface area contributed by atoms with Gasteiger partial charge in [-0.3, -0.25) is 0 Å². The fourth-order valence-corrected chi connectivity index (χ4v) is 13.6. The molecule has 2 fully saturated rings. The molecule has 2 aliphatic carbocycles. The van der Waals surface area contributed by atoms with Crippen molar-refractivity contribution in [3.05, 3.63) is 205 Å². The van der Waals surface area contributed by atoms with Crippen LogP contribution in [-0.4, -0.2) is 13.0 Å². The zero-order valence-corrected chi connectivity index (χ0v) is 35.3. The van der Waals surface area contributed by atoms with Crippen LogP contribution in [0, 0.1) is 11.8 Å². The molecule has 1 spiro atoms. The Labute approximate surface area is 363 Å². The summed E-state index contributed by atoms with van der Waals surface area (Å²) in [6, 6.07) is 68.4. The van der Waals surface area contributed by atoms with Crippen molar-refractivity contribution in [1.29, 1.82) is 0 Å². The van der Waals surface area contributed by atoms with Crippen molar-refractivity contribution in [2.24, 2.45) is 11.8 Å². The minimum Gasteiger partial charge on any atom is -0.310 e. The van der Waals surface area contributed by atoms with Crippen molar-refractivity contribution in [1.82, 2.24) is 4.57 Å². The van der Waals surface area contributed by atoms with E-state index < -0.39 is 9.84 Å². The van der Waals surface area contributed by atoms with Gasteiger partial charge in [0.15, 0.2) is 0 Å². The van der Waals surface area contributed by atoms with Gasteiger partial charge in [0, 0.05) is 38.9 Å². The smallest absolute Gasteiger partial charge is 0.207 e. The van der Waals surface area contributed by atoms with Crippen LogP contribution >= 0.6 is 0 Å². The number of benzene rings is 8. The molecule has 0 saturated heterocycles. The number of nitrogens with zero attached hydrogens (tertiary/aromatic N) is 2. The van der Waals surface area contributed by atoms with E-state index in [9.17, 15) is 8.42 Å². The molecule has 302 valence electrons. The Morgan fingerprint density at radius 2 is 0.952 bits per heavy atom. The van der Waals surface area contributed by atoms with Crippen molar-refractivity contribution in [3.63, 3.8) is 0 Å². The first kappa shape index (κ1) is 37.1. The molecule has 0 radical (unpaired) electrons. The molecule has 0 amide bonds. The normalized spacial score (nSPS) is 19.9. The number of aromatic nitrogens is 1. The van der Waals surface area contributed by atoms with E-state index in [1.165, 1.54) is 34.6 Å². The Morgan fingerprint density at radius 1 is 0.435 bits per heavy atom. The van der Waals surface area contributed by atoms with Crippen LogP contribution in [0.25, 0.3) is 49.7 Å². The maximum Gasteiger partial charge on any atom is 0.207 e. The average molecular weight is 823 g/mol. The number of para-hydroxylation sites is 2. The summed E-state index contributed by atoms with van der Waals surface area (Å²) < 4.78 is 31.6. The molecule has 2 heterocycles. The molecule has 2 bridgehead atoms. The molecule has 62 heavy (non-hydrogen) atoms. The molecule has 5 heteroatoms. The average Bonchev–Trinajstić information content (AvgIpc) is 3.66. The summed E-state index contributed by atoms with van der Waals surface area (Å²) in [6.45, 7) is 0. The zero-order chi connectivity index (χ0) is 41.4. The number of anilines is 3. The van der Waals surface area contributed by atoms with Gasteiger partial charge in [-0.2, -0.15) is 0 Å². The lowest BCUT2D eigenvalue weighted by molar-refractivity contribution is 0.0783. The van der Waals surface area contributed by atoms with Crippen molar-refractivity contribution >= 4 is 48.7 Å². The molecule has 12 rings (SSSR count). The monoisotopic (exact) mass is 822 g/mol. The molecule has 0 N–H and O–H groups in total. The fraction of sp³-hybridized carbons (Fsp3) is 0.158. The standard InChI is InChI=1S/C57H46N2O2S/c60-62(61)55-26-9-6-23-51(55)57(43-16-11-17-44(57)19-12-18-43)52-38-48(35-36-56(52)62)58(47-20-10-15-42(37-47)39-13-2-1-3-14-39)45-31-27-40(28-32-45)41-29-33-46(34-30-41)59-53-24-7-4-21-49(53)50-22-5-8-25-54(50)59/h1-10,13-15,20-38,43-44H,11-12,16-19H2/t43-,44+,57?. The minimum absolute atomic E-state index is 0.337.